The van der Waals surface area contributed by atoms with Crippen LogP contribution >= 0.6 is 0 Å². The highest BCUT2D eigenvalue weighted by Gasteiger charge is 2.08. The maximum atomic E-state index is 13.3. The first-order chi connectivity index (χ1) is 7.58. The average Bonchev–Trinajstić information content (AvgIpc) is 2.27. The van der Waals surface area contributed by atoms with Crippen molar-refractivity contribution in [2.24, 2.45) is 5.92 Å². The van der Waals surface area contributed by atoms with Gasteiger partial charge < -0.3 is 15.8 Å². The zero-order valence-electron chi connectivity index (χ0n) is 10.0. The molecular weight excluding hydrogens is 207 g/mol. The number of anilines is 2. The Balaban J connectivity index is 2.79. The first-order valence-corrected chi connectivity index (χ1v) is 5.45. The standard InChI is InChI=1S/C12H19FN2O/c1-4-8(2)7-15-11-6-12(16-3)9(13)5-10(11)14/h5-6,8,15H,4,7,14H2,1-3H3. The summed E-state index contributed by atoms with van der Waals surface area (Å²) in [4.78, 5) is 0. The predicted molar refractivity (Wildman–Crippen MR) is 65.3 cm³/mol. The fraction of sp³-hybridized carbons (Fsp3) is 0.500. The third-order valence-corrected chi connectivity index (χ3v) is 2.66. The van der Waals surface area contributed by atoms with E-state index in [2.05, 4.69) is 19.2 Å². The molecule has 1 rings (SSSR count). The van der Waals surface area contributed by atoms with Gasteiger partial charge in [-0.2, -0.15) is 0 Å². The topological polar surface area (TPSA) is 47.3 Å². The van der Waals surface area contributed by atoms with Crippen LogP contribution in [0, 0.1) is 11.7 Å². The molecule has 0 saturated heterocycles. The van der Waals surface area contributed by atoms with Gasteiger partial charge in [-0.15, -0.1) is 0 Å². The number of benzene rings is 1. The van der Waals surface area contributed by atoms with E-state index in [4.69, 9.17) is 10.5 Å². The molecule has 1 atom stereocenters. The zero-order chi connectivity index (χ0) is 12.1. The number of nitrogens with one attached hydrogen (secondary N) is 1. The normalized spacial score (nSPS) is 12.2. The lowest BCUT2D eigenvalue weighted by Gasteiger charge is -2.14. The van der Waals surface area contributed by atoms with Crippen molar-refractivity contribution >= 4 is 11.4 Å². The van der Waals surface area contributed by atoms with Gasteiger partial charge >= 0.3 is 0 Å². The minimum absolute atomic E-state index is 0.209. The molecule has 1 aromatic rings. The summed E-state index contributed by atoms with van der Waals surface area (Å²) >= 11 is 0. The largest absolute Gasteiger partial charge is 0.494 e. The third-order valence-electron chi connectivity index (χ3n) is 2.66. The van der Waals surface area contributed by atoms with Crippen molar-refractivity contribution in [3.63, 3.8) is 0 Å². The van der Waals surface area contributed by atoms with Gasteiger partial charge in [-0.25, -0.2) is 4.39 Å². The van der Waals surface area contributed by atoms with Crippen LogP contribution in [0.25, 0.3) is 0 Å². The van der Waals surface area contributed by atoms with Crippen molar-refractivity contribution in [3.8, 4) is 5.75 Å². The maximum absolute atomic E-state index is 13.3. The van der Waals surface area contributed by atoms with Gasteiger partial charge in [0, 0.05) is 18.7 Å². The summed E-state index contributed by atoms with van der Waals surface area (Å²) in [6.45, 7) is 5.08. The molecular formula is C12H19FN2O. The highest BCUT2D eigenvalue weighted by molar-refractivity contribution is 5.68. The van der Waals surface area contributed by atoms with E-state index >= 15 is 0 Å². The molecule has 4 heteroatoms. The van der Waals surface area contributed by atoms with E-state index < -0.39 is 5.82 Å². The van der Waals surface area contributed by atoms with Crippen molar-refractivity contribution in [3.05, 3.63) is 17.9 Å². The third kappa shape index (κ3) is 3.02. The number of rotatable bonds is 5. The Morgan fingerprint density at radius 3 is 2.75 bits per heavy atom. The molecule has 0 heterocycles. The van der Waals surface area contributed by atoms with Crippen LogP contribution in [0.1, 0.15) is 20.3 Å². The molecule has 3 nitrogen and oxygen atoms in total. The minimum Gasteiger partial charge on any atom is -0.494 e. The van der Waals surface area contributed by atoms with Crippen LogP contribution in [0.3, 0.4) is 0 Å². The van der Waals surface area contributed by atoms with Crippen LogP contribution in [-0.2, 0) is 0 Å². The lowest BCUT2D eigenvalue weighted by atomic mass is 10.1. The van der Waals surface area contributed by atoms with Crippen molar-refractivity contribution < 1.29 is 9.13 Å². The van der Waals surface area contributed by atoms with Crippen molar-refractivity contribution in [2.75, 3.05) is 24.7 Å². The first kappa shape index (κ1) is 12.6. The minimum atomic E-state index is -0.436. The Morgan fingerprint density at radius 1 is 1.50 bits per heavy atom. The van der Waals surface area contributed by atoms with Crippen LogP contribution in [-0.4, -0.2) is 13.7 Å². The quantitative estimate of drug-likeness (QED) is 0.759. The Labute approximate surface area is 95.8 Å². The summed E-state index contributed by atoms with van der Waals surface area (Å²) in [5.74, 6) is 0.324. The molecule has 0 bridgehead atoms. The molecule has 1 aromatic carbocycles. The summed E-state index contributed by atoms with van der Waals surface area (Å²) in [6, 6.07) is 2.87. The van der Waals surface area contributed by atoms with Gasteiger partial charge in [0.25, 0.3) is 0 Å². The van der Waals surface area contributed by atoms with Crippen molar-refractivity contribution in [1.82, 2.24) is 0 Å². The van der Waals surface area contributed by atoms with Gasteiger partial charge in [-0.3, -0.25) is 0 Å². The molecule has 3 N–H and O–H groups in total. The van der Waals surface area contributed by atoms with E-state index in [-0.39, 0.29) is 5.75 Å². The Kier molecular flexibility index (Phi) is 4.40. The fourth-order valence-electron chi connectivity index (χ4n) is 1.31. The number of halogens is 1. The van der Waals surface area contributed by atoms with Gasteiger partial charge in [0.15, 0.2) is 11.6 Å². The van der Waals surface area contributed by atoms with E-state index in [1.807, 2.05) is 0 Å². The van der Waals surface area contributed by atoms with Crippen LogP contribution < -0.4 is 15.8 Å². The molecule has 0 amide bonds. The number of hydrogen-bond donors (Lipinski definition) is 2. The Bertz CT molecular complexity index is 355. The highest BCUT2D eigenvalue weighted by Crippen LogP contribution is 2.28. The SMILES string of the molecule is CCC(C)CNc1cc(OC)c(F)cc1N. The molecule has 0 aliphatic heterocycles. The number of nitrogens with two attached hydrogens (primary N) is 1. The molecule has 0 radical (unpaired) electrons. The molecule has 90 valence electrons. The number of hydrogen-bond acceptors (Lipinski definition) is 3. The monoisotopic (exact) mass is 226 g/mol. The predicted octanol–water partition coefficient (Wildman–Crippen LogP) is 2.87. The average molecular weight is 226 g/mol. The van der Waals surface area contributed by atoms with Crippen molar-refractivity contribution in [2.45, 2.75) is 20.3 Å². The second kappa shape index (κ2) is 5.58. The summed E-state index contributed by atoms with van der Waals surface area (Å²) in [5, 5.41) is 3.19. The number of nitrogen functional groups attached to an aromatic ring is 1. The van der Waals surface area contributed by atoms with E-state index in [1.54, 1.807) is 6.07 Å². The molecule has 1 unspecified atom stereocenters. The summed E-state index contributed by atoms with van der Waals surface area (Å²) in [7, 11) is 1.44. The van der Waals surface area contributed by atoms with Crippen LogP contribution in [0.2, 0.25) is 0 Å². The van der Waals surface area contributed by atoms with Crippen LogP contribution in [0.4, 0.5) is 15.8 Å². The van der Waals surface area contributed by atoms with Crippen molar-refractivity contribution in [1.29, 1.82) is 0 Å². The number of methoxy groups -OCH3 is 1. The smallest absolute Gasteiger partial charge is 0.167 e. The molecule has 0 spiro atoms. The first-order valence-electron chi connectivity index (χ1n) is 5.45. The second-order valence-corrected chi connectivity index (χ2v) is 3.97. The lowest BCUT2D eigenvalue weighted by Crippen LogP contribution is -2.11. The summed E-state index contributed by atoms with van der Waals surface area (Å²) in [5.41, 5.74) is 6.84. The van der Waals surface area contributed by atoms with Gasteiger partial charge in [0.1, 0.15) is 0 Å². The van der Waals surface area contributed by atoms with E-state index in [0.717, 1.165) is 18.7 Å². The molecule has 16 heavy (non-hydrogen) atoms. The molecule has 0 aliphatic carbocycles. The van der Waals surface area contributed by atoms with Gasteiger partial charge in [0.05, 0.1) is 18.5 Å². The van der Waals surface area contributed by atoms with Gasteiger partial charge in [-0.05, 0) is 5.92 Å². The maximum Gasteiger partial charge on any atom is 0.167 e. The van der Waals surface area contributed by atoms with Crippen LogP contribution in [0.15, 0.2) is 12.1 Å². The molecule has 0 aliphatic rings. The Hall–Kier alpha value is -1.45. The van der Waals surface area contributed by atoms with E-state index in [0.29, 0.717) is 11.6 Å². The molecule has 0 aromatic heterocycles. The van der Waals surface area contributed by atoms with Crippen LogP contribution in [0.5, 0.6) is 5.75 Å². The number of ether oxygens (including phenoxy) is 1. The fourth-order valence-corrected chi connectivity index (χ4v) is 1.31. The summed E-state index contributed by atoms with van der Waals surface area (Å²) < 4.78 is 18.2. The zero-order valence-corrected chi connectivity index (χ0v) is 10.0. The van der Waals surface area contributed by atoms with E-state index in [1.165, 1.54) is 13.2 Å². The highest BCUT2D eigenvalue weighted by atomic mass is 19.1. The lowest BCUT2D eigenvalue weighted by molar-refractivity contribution is 0.387. The second-order valence-electron chi connectivity index (χ2n) is 3.97. The molecule has 0 fully saturated rings. The molecule has 0 saturated carbocycles. The summed E-state index contributed by atoms with van der Waals surface area (Å²) in [6.07, 6.45) is 1.09. The van der Waals surface area contributed by atoms with Gasteiger partial charge in [-0.1, -0.05) is 20.3 Å². The van der Waals surface area contributed by atoms with E-state index in [9.17, 15) is 4.39 Å². The Morgan fingerprint density at radius 2 is 2.19 bits per heavy atom. The van der Waals surface area contributed by atoms with Gasteiger partial charge in [0.2, 0.25) is 0 Å².